The maximum Gasteiger partial charge on any atom is 0.243 e. The second-order valence-corrected chi connectivity index (χ2v) is 10.3. The molecule has 0 N–H and O–H groups in total. The summed E-state index contributed by atoms with van der Waals surface area (Å²) in [4.78, 5) is 6.98. The van der Waals surface area contributed by atoms with Crippen LogP contribution in [0.25, 0.3) is 11.0 Å². The van der Waals surface area contributed by atoms with Crippen LogP contribution in [0.2, 0.25) is 5.02 Å². The molecule has 1 fully saturated rings. The van der Waals surface area contributed by atoms with Gasteiger partial charge in [0.15, 0.2) is 0 Å². The third-order valence-corrected chi connectivity index (χ3v) is 8.05. The minimum atomic E-state index is -3.76. The lowest BCUT2D eigenvalue weighted by atomic mass is 10.2. The van der Waals surface area contributed by atoms with Gasteiger partial charge in [0.2, 0.25) is 16.0 Å². The zero-order valence-electron chi connectivity index (χ0n) is 17.7. The van der Waals surface area contributed by atoms with Crippen molar-refractivity contribution in [2.24, 2.45) is 0 Å². The second kappa shape index (κ2) is 8.78. The minimum Gasteiger partial charge on any atom is -0.340 e. The van der Waals surface area contributed by atoms with Crippen molar-refractivity contribution >= 4 is 38.6 Å². The third kappa shape index (κ3) is 4.21. The van der Waals surface area contributed by atoms with Crippen molar-refractivity contribution in [3.63, 3.8) is 0 Å². The van der Waals surface area contributed by atoms with Crippen LogP contribution >= 0.6 is 11.6 Å². The van der Waals surface area contributed by atoms with Crippen molar-refractivity contribution in [2.75, 3.05) is 31.1 Å². The van der Waals surface area contributed by atoms with Crippen molar-refractivity contribution in [2.45, 2.75) is 11.4 Å². The Kier molecular flexibility index (Phi) is 5.82. The van der Waals surface area contributed by atoms with Crippen molar-refractivity contribution in [3.05, 3.63) is 89.2 Å². The highest BCUT2D eigenvalue weighted by Crippen LogP contribution is 2.27. The highest BCUT2D eigenvalue weighted by molar-refractivity contribution is 7.89. The number of benzene rings is 3. The van der Waals surface area contributed by atoms with Crippen LogP contribution in [0, 0.1) is 5.82 Å². The number of aromatic nitrogens is 2. The van der Waals surface area contributed by atoms with Gasteiger partial charge in [-0.05, 0) is 35.9 Å². The van der Waals surface area contributed by atoms with Gasteiger partial charge in [-0.15, -0.1) is 0 Å². The topological polar surface area (TPSA) is 58.4 Å². The summed E-state index contributed by atoms with van der Waals surface area (Å²) in [5.74, 6) is 0.180. The van der Waals surface area contributed by atoms with Crippen LogP contribution < -0.4 is 4.90 Å². The lowest BCUT2D eigenvalue weighted by Gasteiger charge is -2.34. The van der Waals surface area contributed by atoms with Gasteiger partial charge in [0, 0.05) is 26.2 Å². The van der Waals surface area contributed by atoms with E-state index in [9.17, 15) is 12.8 Å². The summed E-state index contributed by atoms with van der Waals surface area (Å²) >= 11 is 5.81. The molecule has 1 saturated heterocycles. The van der Waals surface area contributed by atoms with Gasteiger partial charge in [-0.25, -0.2) is 17.8 Å². The van der Waals surface area contributed by atoms with E-state index < -0.39 is 15.8 Å². The molecule has 1 aromatic heterocycles. The van der Waals surface area contributed by atoms with Crippen LogP contribution in [0.1, 0.15) is 5.56 Å². The summed E-state index contributed by atoms with van der Waals surface area (Å²) in [7, 11) is -3.76. The molecule has 2 heterocycles. The molecule has 0 aliphatic carbocycles. The van der Waals surface area contributed by atoms with Gasteiger partial charge >= 0.3 is 0 Å². The molecule has 1 aliphatic heterocycles. The lowest BCUT2D eigenvalue weighted by molar-refractivity contribution is 0.381. The van der Waals surface area contributed by atoms with Gasteiger partial charge in [0.25, 0.3) is 0 Å². The minimum absolute atomic E-state index is 0.00123. The van der Waals surface area contributed by atoms with Gasteiger partial charge in [-0.2, -0.15) is 4.31 Å². The van der Waals surface area contributed by atoms with Crippen molar-refractivity contribution in [3.8, 4) is 0 Å². The SMILES string of the molecule is O=S(=O)(c1ccc(F)c(Cl)c1)N1CCN(c2nc3ccccc3n2Cc2ccccc2)CC1. The summed E-state index contributed by atoms with van der Waals surface area (Å²) in [6.45, 7) is 2.25. The predicted molar refractivity (Wildman–Crippen MR) is 128 cm³/mol. The fourth-order valence-electron chi connectivity index (χ4n) is 4.14. The molecule has 33 heavy (non-hydrogen) atoms. The zero-order chi connectivity index (χ0) is 23.0. The standard InChI is InChI=1S/C24H22ClFN4O2S/c25-20-16-19(10-11-21(20)26)33(31,32)29-14-12-28(13-15-29)24-27-22-8-4-5-9-23(22)30(24)17-18-6-2-1-3-7-18/h1-11,16H,12-15,17H2. The van der Waals surface area contributed by atoms with Crippen LogP contribution in [-0.4, -0.2) is 48.5 Å². The lowest BCUT2D eigenvalue weighted by Crippen LogP contribution is -2.49. The van der Waals surface area contributed by atoms with E-state index in [0.717, 1.165) is 34.7 Å². The molecule has 170 valence electrons. The van der Waals surface area contributed by atoms with E-state index >= 15 is 0 Å². The Balaban J connectivity index is 1.40. The van der Waals surface area contributed by atoms with Gasteiger partial charge in [0.1, 0.15) is 5.82 Å². The van der Waals surface area contributed by atoms with Crippen LogP contribution in [-0.2, 0) is 16.6 Å². The zero-order valence-corrected chi connectivity index (χ0v) is 19.3. The molecule has 9 heteroatoms. The summed E-state index contributed by atoms with van der Waals surface area (Å²) in [5.41, 5.74) is 3.10. The quantitative estimate of drug-likeness (QED) is 0.421. The van der Waals surface area contributed by atoms with Crippen LogP contribution in [0.4, 0.5) is 10.3 Å². The second-order valence-electron chi connectivity index (χ2n) is 7.94. The number of imidazole rings is 1. The molecule has 3 aromatic carbocycles. The number of hydrogen-bond donors (Lipinski definition) is 0. The van der Waals surface area contributed by atoms with E-state index in [1.165, 1.54) is 10.4 Å². The molecule has 0 unspecified atom stereocenters. The first-order chi connectivity index (χ1) is 15.9. The number of para-hydroxylation sites is 2. The van der Waals surface area contributed by atoms with E-state index in [2.05, 4.69) is 21.6 Å². The van der Waals surface area contributed by atoms with Crippen LogP contribution in [0.5, 0.6) is 0 Å². The Morgan fingerprint density at radius 2 is 1.61 bits per heavy atom. The van der Waals surface area contributed by atoms with Crippen LogP contribution in [0.3, 0.4) is 0 Å². The van der Waals surface area contributed by atoms with Gasteiger partial charge < -0.3 is 9.47 Å². The number of nitrogens with zero attached hydrogens (tertiary/aromatic N) is 4. The van der Waals surface area contributed by atoms with Gasteiger partial charge in [-0.3, -0.25) is 0 Å². The highest BCUT2D eigenvalue weighted by atomic mass is 35.5. The first-order valence-electron chi connectivity index (χ1n) is 10.6. The molecular weight excluding hydrogens is 463 g/mol. The Hall–Kier alpha value is -2.94. The summed E-state index contributed by atoms with van der Waals surface area (Å²) < 4.78 is 43.2. The molecule has 0 amide bonds. The molecular formula is C24H22ClFN4O2S. The first-order valence-corrected chi connectivity index (χ1v) is 12.4. The fraction of sp³-hybridized carbons (Fsp3) is 0.208. The number of halogens is 2. The average molecular weight is 485 g/mol. The van der Waals surface area contributed by atoms with Crippen molar-refractivity contribution in [1.29, 1.82) is 0 Å². The van der Waals surface area contributed by atoms with E-state index in [4.69, 9.17) is 16.6 Å². The molecule has 0 atom stereocenters. The number of hydrogen-bond acceptors (Lipinski definition) is 4. The molecule has 4 aromatic rings. The maximum atomic E-state index is 13.5. The Morgan fingerprint density at radius 3 is 2.33 bits per heavy atom. The maximum absolute atomic E-state index is 13.5. The van der Waals surface area contributed by atoms with E-state index in [-0.39, 0.29) is 9.92 Å². The average Bonchev–Trinajstić information content (AvgIpc) is 3.20. The Labute approximate surface area is 196 Å². The predicted octanol–water partition coefficient (Wildman–Crippen LogP) is 4.39. The van der Waals surface area contributed by atoms with Crippen molar-refractivity contribution < 1.29 is 12.8 Å². The van der Waals surface area contributed by atoms with Crippen LogP contribution in [0.15, 0.2) is 77.7 Å². The summed E-state index contributed by atoms with van der Waals surface area (Å²) in [6.07, 6.45) is 0. The number of piperazine rings is 1. The fourth-order valence-corrected chi connectivity index (χ4v) is 5.84. The molecule has 0 radical (unpaired) electrons. The third-order valence-electron chi connectivity index (χ3n) is 5.87. The number of sulfonamides is 1. The molecule has 1 aliphatic rings. The normalized spacial score (nSPS) is 15.3. The number of rotatable bonds is 5. The smallest absolute Gasteiger partial charge is 0.243 e. The summed E-state index contributed by atoms with van der Waals surface area (Å²) in [6, 6.07) is 21.7. The van der Waals surface area contributed by atoms with Crippen molar-refractivity contribution in [1.82, 2.24) is 13.9 Å². The first kappa shape index (κ1) is 21.9. The van der Waals surface area contributed by atoms with E-state index in [1.807, 2.05) is 42.5 Å². The highest BCUT2D eigenvalue weighted by Gasteiger charge is 2.30. The molecule has 5 rings (SSSR count). The molecule has 6 nitrogen and oxygen atoms in total. The molecule has 0 spiro atoms. The number of fused-ring (bicyclic) bond motifs is 1. The Morgan fingerprint density at radius 1 is 0.909 bits per heavy atom. The number of anilines is 1. The van der Waals surface area contributed by atoms with E-state index in [0.29, 0.717) is 32.7 Å². The monoisotopic (exact) mass is 484 g/mol. The largest absolute Gasteiger partial charge is 0.340 e. The Bertz CT molecular complexity index is 1400. The van der Waals surface area contributed by atoms with Gasteiger partial charge in [-0.1, -0.05) is 54.1 Å². The molecule has 0 bridgehead atoms. The molecule has 0 saturated carbocycles. The summed E-state index contributed by atoms with van der Waals surface area (Å²) in [5, 5.41) is -0.204. The van der Waals surface area contributed by atoms with Gasteiger partial charge in [0.05, 0.1) is 27.5 Å². The van der Waals surface area contributed by atoms with E-state index in [1.54, 1.807) is 0 Å².